The van der Waals surface area contributed by atoms with Crippen LogP contribution in [0.2, 0.25) is 0 Å². The van der Waals surface area contributed by atoms with Crippen molar-refractivity contribution >= 4 is 17.7 Å². The van der Waals surface area contributed by atoms with Gasteiger partial charge in [-0.05, 0) is 18.6 Å². The van der Waals surface area contributed by atoms with Gasteiger partial charge in [0.05, 0.1) is 5.75 Å². The zero-order valence-electron chi connectivity index (χ0n) is 8.61. The Morgan fingerprint density at radius 3 is 2.80 bits per heavy atom. The van der Waals surface area contributed by atoms with E-state index in [1.807, 2.05) is 30.3 Å². The lowest BCUT2D eigenvalue weighted by molar-refractivity contribution is -0.118. The van der Waals surface area contributed by atoms with Crippen LogP contribution in [0.25, 0.3) is 0 Å². The van der Waals surface area contributed by atoms with Gasteiger partial charge in [-0.3, -0.25) is 4.79 Å². The maximum atomic E-state index is 11.3. The molecule has 0 heterocycles. The molecule has 3 heteroatoms. The third kappa shape index (κ3) is 5.27. The summed E-state index contributed by atoms with van der Waals surface area (Å²) in [7, 11) is 0. The molecule has 1 aromatic rings. The molecule has 15 heavy (non-hydrogen) atoms. The lowest BCUT2D eigenvalue weighted by atomic mass is 10.4. The predicted molar refractivity (Wildman–Crippen MR) is 65.0 cm³/mol. The van der Waals surface area contributed by atoms with E-state index in [4.69, 9.17) is 0 Å². The average molecular weight is 221 g/mol. The van der Waals surface area contributed by atoms with E-state index in [1.165, 1.54) is 0 Å². The molecule has 0 unspecified atom stereocenters. The van der Waals surface area contributed by atoms with Crippen LogP contribution < -0.4 is 5.32 Å². The zero-order valence-corrected chi connectivity index (χ0v) is 9.43. The van der Waals surface area contributed by atoms with Crippen LogP contribution in [-0.2, 0) is 4.79 Å². The van der Waals surface area contributed by atoms with Gasteiger partial charge in [-0.15, -0.1) is 18.3 Å². The molecule has 0 spiro atoms. The van der Waals surface area contributed by atoms with Crippen molar-refractivity contribution in [2.75, 3.05) is 12.3 Å². The van der Waals surface area contributed by atoms with E-state index in [0.29, 0.717) is 12.3 Å². The molecule has 0 saturated carbocycles. The number of hydrogen-bond donors (Lipinski definition) is 1. The summed E-state index contributed by atoms with van der Waals surface area (Å²) < 4.78 is 0. The van der Waals surface area contributed by atoms with E-state index in [-0.39, 0.29) is 5.91 Å². The van der Waals surface area contributed by atoms with Crippen LogP contribution in [0.4, 0.5) is 0 Å². The smallest absolute Gasteiger partial charge is 0.230 e. The van der Waals surface area contributed by atoms with Crippen LogP contribution in [0.15, 0.2) is 47.9 Å². The van der Waals surface area contributed by atoms with Crippen LogP contribution in [0.5, 0.6) is 0 Å². The minimum atomic E-state index is 0.0747. The standard InChI is InChI=1S/C12H15NOS/c1-2-3-9-13-12(14)10-15-11-7-5-4-6-8-11/h2,4-8H,1,3,9-10H2,(H,13,14). The Hall–Kier alpha value is -1.22. The summed E-state index contributed by atoms with van der Waals surface area (Å²) in [5.74, 6) is 0.548. The van der Waals surface area contributed by atoms with Gasteiger partial charge in [0.25, 0.3) is 0 Å². The second-order valence-corrected chi connectivity index (χ2v) is 4.08. The van der Waals surface area contributed by atoms with E-state index in [1.54, 1.807) is 17.8 Å². The molecule has 0 aliphatic carbocycles. The highest BCUT2D eigenvalue weighted by Crippen LogP contribution is 2.15. The number of nitrogens with one attached hydrogen (secondary N) is 1. The molecule has 0 aliphatic heterocycles. The van der Waals surface area contributed by atoms with Crippen molar-refractivity contribution < 1.29 is 4.79 Å². The molecule has 1 amide bonds. The van der Waals surface area contributed by atoms with Crippen molar-refractivity contribution in [2.45, 2.75) is 11.3 Å². The Bertz CT molecular complexity index is 311. The zero-order chi connectivity index (χ0) is 10.9. The maximum absolute atomic E-state index is 11.3. The summed E-state index contributed by atoms with van der Waals surface area (Å²) in [6.07, 6.45) is 2.62. The summed E-state index contributed by atoms with van der Waals surface area (Å²) >= 11 is 1.55. The van der Waals surface area contributed by atoms with Crippen LogP contribution in [-0.4, -0.2) is 18.2 Å². The first-order valence-corrected chi connectivity index (χ1v) is 5.87. The topological polar surface area (TPSA) is 29.1 Å². The van der Waals surface area contributed by atoms with E-state index in [9.17, 15) is 4.79 Å². The fourth-order valence-corrected chi connectivity index (χ4v) is 1.78. The molecule has 0 aromatic heterocycles. The van der Waals surface area contributed by atoms with Crippen molar-refractivity contribution in [3.8, 4) is 0 Å². The highest BCUT2D eigenvalue weighted by atomic mass is 32.2. The molecule has 0 aliphatic rings. The molecular weight excluding hydrogens is 206 g/mol. The Labute approximate surface area is 94.8 Å². The van der Waals surface area contributed by atoms with Crippen molar-refractivity contribution in [1.29, 1.82) is 0 Å². The molecule has 1 aromatic carbocycles. The number of rotatable bonds is 6. The van der Waals surface area contributed by atoms with E-state index in [0.717, 1.165) is 11.3 Å². The molecule has 80 valence electrons. The largest absolute Gasteiger partial charge is 0.355 e. The van der Waals surface area contributed by atoms with Gasteiger partial charge in [-0.1, -0.05) is 24.3 Å². The molecule has 2 nitrogen and oxygen atoms in total. The average Bonchev–Trinajstić information content (AvgIpc) is 2.28. The summed E-state index contributed by atoms with van der Waals surface area (Å²) in [5.41, 5.74) is 0. The Balaban J connectivity index is 2.20. The Morgan fingerprint density at radius 2 is 2.13 bits per heavy atom. The third-order valence-corrected chi connectivity index (χ3v) is 2.80. The third-order valence-electron chi connectivity index (χ3n) is 1.78. The fraction of sp³-hybridized carbons (Fsp3) is 0.250. The summed E-state index contributed by atoms with van der Waals surface area (Å²) in [5, 5.41) is 2.82. The van der Waals surface area contributed by atoms with Crippen LogP contribution in [0.1, 0.15) is 6.42 Å². The number of carbonyl (C=O) groups is 1. The maximum Gasteiger partial charge on any atom is 0.230 e. The minimum Gasteiger partial charge on any atom is -0.355 e. The highest BCUT2D eigenvalue weighted by molar-refractivity contribution is 8.00. The quantitative estimate of drug-likeness (QED) is 0.454. The van der Waals surface area contributed by atoms with Crippen LogP contribution in [0, 0.1) is 0 Å². The molecule has 1 N–H and O–H groups in total. The molecule has 0 fully saturated rings. The summed E-state index contributed by atoms with van der Waals surface area (Å²) in [6, 6.07) is 9.91. The number of amides is 1. The molecule has 0 saturated heterocycles. The lowest BCUT2D eigenvalue weighted by Crippen LogP contribution is -2.25. The summed E-state index contributed by atoms with van der Waals surface area (Å²) in [6.45, 7) is 4.27. The van der Waals surface area contributed by atoms with Crippen molar-refractivity contribution in [2.24, 2.45) is 0 Å². The normalized spacial score (nSPS) is 9.60. The molecule has 0 atom stereocenters. The molecular formula is C12H15NOS. The number of carbonyl (C=O) groups excluding carboxylic acids is 1. The van der Waals surface area contributed by atoms with Crippen molar-refractivity contribution in [1.82, 2.24) is 5.32 Å². The SMILES string of the molecule is C=CCCNC(=O)CSc1ccccc1. The van der Waals surface area contributed by atoms with E-state index < -0.39 is 0 Å². The minimum absolute atomic E-state index is 0.0747. The number of thioether (sulfide) groups is 1. The van der Waals surface area contributed by atoms with Gasteiger partial charge >= 0.3 is 0 Å². The first-order valence-electron chi connectivity index (χ1n) is 4.88. The van der Waals surface area contributed by atoms with Gasteiger partial charge in [0, 0.05) is 11.4 Å². The van der Waals surface area contributed by atoms with Gasteiger partial charge in [-0.2, -0.15) is 0 Å². The summed E-state index contributed by atoms with van der Waals surface area (Å²) in [4.78, 5) is 12.4. The monoisotopic (exact) mass is 221 g/mol. The van der Waals surface area contributed by atoms with Crippen LogP contribution >= 0.6 is 11.8 Å². The Kier molecular flexibility index (Phi) is 5.63. The van der Waals surface area contributed by atoms with Gasteiger partial charge in [0.2, 0.25) is 5.91 Å². The lowest BCUT2D eigenvalue weighted by Gasteiger charge is -2.03. The number of hydrogen-bond acceptors (Lipinski definition) is 2. The molecule has 0 radical (unpaired) electrons. The van der Waals surface area contributed by atoms with Crippen molar-refractivity contribution in [3.63, 3.8) is 0 Å². The van der Waals surface area contributed by atoms with Gasteiger partial charge in [0.1, 0.15) is 0 Å². The molecule has 0 bridgehead atoms. The predicted octanol–water partition coefficient (Wildman–Crippen LogP) is 2.47. The van der Waals surface area contributed by atoms with E-state index >= 15 is 0 Å². The second kappa shape index (κ2) is 7.12. The first-order chi connectivity index (χ1) is 7.33. The fourth-order valence-electron chi connectivity index (χ4n) is 1.03. The highest BCUT2D eigenvalue weighted by Gasteiger charge is 2.00. The Morgan fingerprint density at radius 1 is 1.40 bits per heavy atom. The van der Waals surface area contributed by atoms with Gasteiger partial charge in [0.15, 0.2) is 0 Å². The van der Waals surface area contributed by atoms with Crippen LogP contribution in [0.3, 0.4) is 0 Å². The first kappa shape index (κ1) is 11.9. The number of benzene rings is 1. The van der Waals surface area contributed by atoms with Crippen molar-refractivity contribution in [3.05, 3.63) is 43.0 Å². The second-order valence-electron chi connectivity index (χ2n) is 3.03. The van der Waals surface area contributed by atoms with Gasteiger partial charge in [-0.25, -0.2) is 0 Å². The van der Waals surface area contributed by atoms with E-state index in [2.05, 4.69) is 11.9 Å². The molecule has 1 rings (SSSR count). The van der Waals surface area contributed by atoms with Gasteiger partial charge < -0.3 is 5.32 Å².